The van der Waals surface area contributed by atoms with E-state index in [9.17, 15) is 14.3 Å². The fraction of sp³-hybridized carbons (Fsp3) is 0.300. The quantitative estimate of drug-likeness (QED) is 0.305. The van der Waals surface area contributed by atoms with E-state index in [1.165, 1.54) is 5.56 Å². The minimum Gasteiger partial charge on any atom is -0.478 e. The van der Waals surface area contributed by atoms with Gasteiger partial charge in [0.05, 0.1) is 12.2 Å². The Hall–Kier alpha value is -2.37. The van der Waals surface area contributed by atoms with Gasteiger partial charge in [0.1, 0.15) is 0 Å². The summed E-state index contributed by atoms with van der Waals surface area (Å²) in [6.07, 6.45) is 3.13. The summed E-state index contributed by atoms with van der Waals surface area (Å²) in [5, 5.41) is 10.7. The average molecular weight is 561 g/mol. The van der Waals surface area contributed by atoms with Crippen LogP contribution in [0.25, 0.3) is 11.1 Å². The highest BCUT2D eigenvalue weighted by Gasteiger charge is 2.27. The Morgan fingerprint density at radius 2 is 1.70 bits per heavy atom. The second-order valence-electron chi connectivity index (χ2n) is 9.72. The van der Waals surface area contributed by atoms with Crippen molar-refractivity contribution < 1.29 is 14.3 Å². The van der Waals surface area contributed by atoms with Gasteiger partial charge in [-0.2, -0.15) is 0 Å². The molecular formula is C30H29Cl3FNO2. The molecule has 1 fully saturated rings. The monoisotopic (exact) mass is 559 g/mol. The number of allylic oxidation sites excluding steroid dienone is 1. The molecule has 0 aromatic heterocycles. The maximum absolute atomic E-state index is 12.4. The van der Waals surface area contributed by atoms with Crippen LogP contribution in [-0.4, -0.2) is 42.3 Å². The highest BCUT2D eigenvalue weighted by Crippen LogP contribution is 2.43. The third kappa shape index (κ3) is 6.04. The zero-order chi connectivity index (χ0) is 25.2. The van der Waals surface area contributed by atoms with Gasteiger partial charge in [0, 0.05) is 29.7 Å². The number of hydrogen-bond donors (Lipinski definition) is 1. The van der Waals surface area contributed by atoms with Gasteiger partial charge in [-0.1, -0.05) is 59.6 Å². The third-order valence-corrected chi connectivity index (χ3v) is 7.78. The third-order valence-electron chi connectivity index (χ3n) is 7.23. The summed E-state index contributed by atoms with van der Waals surface area (Å²) in [6, 6.07) is 19.7. The Kier molecular flexibility index (Phi) is 8.97. The number of carbonyl (C=O) groups is 1. The van der Waals surface area contributed by atoms with Crippen molar-refractivity contribution in [2.45, 2.75) is 25.7 Å². The molecular weight excluding hydrogens is 532 g/mol. The van der Waals surface area contributed by atoms with Gasteiger partial charge in [-0.3, -0.25) is 4.39 Å². The lowest BCUT2D eigenvalue weighted by Crippen LogP contribution is -2.47. The molecule has 0 saturated carbocycles. The number of aromatic carboxylic acids is 1. The summed E-state index contributed by atoms with van der Waals surface area (Å²) in [5.41, 5.74) is 7.94. The number of fused-ring (bicyclic) bond motifs is 1. The molecule has 0 atom stereocenters. The molecule has 0 amide bonds. The van der Waals surface area contributed by atoms with Crippen LogP contribution in [0.2, 0.25) is 10.0 Å². The molecule has 0 unspecified atom stereocenters. The first-order chi connectivity index (χ1) is 17.4. The highest BCUT2D eigenvalue weighted by molar-refractivity contribution is 6.36. The smallest absolute Gasteiger partial charge is 0.335 e. The van der Waals surface area contributed by atoms with Crippen molar-refractivity contribution in [3.8, 4) is 0 Å². The van der Waals surface area contributed by atoms with Gasteiger partial charge in [0.2, 0.25) is 0 Å². The van der Waals surface area contributed by atoms with E-state index in [0.29, 0.717) is 27.9 Å². The second kappa shape index (κ2) is 12.0. The van der Waals surface area contributed by atoms with Crippen LogP contribution in [-0.2, 0) is 12.8 Å². The maximum Gasteiger partial charge on any atom is 0.335 e. The molecule has 5 rings (SSSR count). The lowest BCUT2D eigenvalue weighted by molar-refractivity contribution is 0.0696. The van der Waals surface area contributed by atoms with Crippen molar-refractivity contribution in [2.24, 2.45) is 5.92 Å². The van der Waals surface area contributed by atoms with Gasteiger partial charge in [-0.15, -0.1) is 12.4 Å². The lowest BCUT2D eigenvalue weighted by atomic mass is 9.79. The molecule has 0 spiro atoms. The lowest BCUT2D eigenvalue weighted by Gasteiger charge is -2.39. The molecule has 1 N–H and O–H groups in total. The van der Waals surface area contributed by atoms with Gasteiger partial charge in [0.25, 0.3) is 0 Å². The molecule has 1 aliphatic carbocycles. The zero-order valence-corrected chi connectivity index (χ0v) is 22.7. The van der Waals surface area contributed by atoms with Crippen molar-refractivity contribution in [1.29, 1.82) is 0 Å². The first-order valence-electron chi connectivity index (χ1n) is 12.4. The predicted molar refractivity (Wildman–Crippen MR) is 152 cm³/mol. The van der Waals surface area contributed by atoms with Crippen molar-refractivity contribution >= 4 is 52.7 Å². The van der Waals surface area contributed by atoms with Crippen molar-refractivity contribution in [2.75, 3.05) is 26.3 Å². The van der Waals surface area contributed by atoms with E-state index in [-0.39, 0.29) is 19.1 Å². The molecule has 2 aliphatic rings. The molecule has 7 heteroatoms. The second-order valence-corrected chi connectivity index (χ2v) is 10.6. The average Bonchev–Trinajstić information content (AvgIpc) is 2.85. The number of nitrogens with zero attached hydrogens (tertiary/aromatic N) is 1. The molecule has 1 saturated heterocycles. The van der Waals surface area contributed by atoms with Crippen LogP contribution in [0, 0.1) is 5.92 Å². The fourth-order valence-corrected chi connectivity index (χ4v) is 5.99. The molecule has 0 bridgehead atoms. The minimum absolute atomic E-state index is 0. The van der Waals surface area contributed by atoms with Crippen LogP contribution in [0.15, 0.2) is 60.7 Å². The summed E-state index contributed by atoms with van der Waals surface area (Å²) < 4.78 is 12.4. The first kappa shape index (κ1) is 27.7. The van der Waals surface area contributed by atoms with Gasteiger partial charge in [-0.05, 0) is 94.8 Å². The fourth-order valence-electron chi connectivity index (χ4n) is 5.47. The number of benzene rings is 3. The molecule has 3 nitrogen and oxygen atoms in total. The van der Waals surface area contributed by atoms with Gasteiger partial charge >= 0.3 is 5.97 Å². The van der Waals surface area contributed by atoms with Crippen LogP contribution in [0.5, 0.6) is 0 Å². The number of rotatable bonds is 8. The largest absolute Gasteiger partial charge is 0.478 e. The van der Waals surface area contributed by atoms with E-state index in [0.717, 1.165) is 72.3 Å². The Bertz CT molecular complexity index is 1320. The van der Waals surface area contributed by atoms with Crippen LogP contribution in [0.4, 0.5) is 4.39 Å². The maximum atomic E-state index is 12.4. The summed E-state index contributed by atoms with van der Waals surface area (Å²) in [6.45, 7) is 2.67. The number of halogens is 4. The van der Waals surface area contributed by atoms with E-state index >= 15 is 0 Å². The van der Waals surface area contributed by atoms with E-state index in [2.05, 4.69) is 29.2 Å². The Balaban J connectivity index is 0.00000320. The van der Waals surface area contributed by atoms with Crippen LogP contribution in [0.3, 0.4) is 0 Å². The summed E-state index contributed by atoms with van der Waals surface area (Å²) >= 11 is 12.8. The summed E-state index contributed by atoms with van der Waals surface area (Å²) in [4.78, 5) is 13.9. The number of likely N-dealkylation sites (tertiary alicyclic amines) is 1. The van der Waals surface area contributed by atoms with E-state index in [1.54, 1.807) is 18.2 Å². The predicted octanol–water partition coefficient (Wildman–Crippen LogP) is 7.85. The Morgan fingerprint density at radius 3 is 2.38 bits per heavy atom. The first-order valence-corrected chi connectivity index (χ1v) is 13.1. The molecule has 3 aromatic carbocycles. The zero-order valence-electron chi connectivity index (χ0n) is 20.4. The van der Waals surface area contributed by atoms with Crippen LogP contribution >= 0.6 is 35.6 Å². The molecule has 1 heterocycles. The SMILES string of the molecule is Cl.O=C(O)c1ccc2c(c1)CCC(c1ccc(Cl)cc1Cl)=C2c1ccc(CC2CN(CCCF)C2)cc1. The Morgan fingerprint density at radius 1 is 0.973 bits per heavy atom. The number of hydrogen-bond acceptors (Lipinski definition) is 2. The number of alkyl halides is 1. The molecule has 0 radical (unpaired) electrons. The number of aryl methyl sites for hydroxylation is 1. The van der Waals surface area contributed by atoms with Crippen LogP contribution < -0.4 is 0 Å². The van der Waals surface area contributed by atoms with Crippen molar-refractivity contribution in [1.82, 2.24) is 4.90 Å². The molecule has 1 aliphatic heterocycles. The van der Waals surface area contributed by atoms with Gasteiger partial charge < -0.3 is 10.0 Å². The standard InChI is InChI=1S/C30H28Cl2FNO2.ClH/c31-24-8-11-26(28(32)16-24)27-10-6-22-15-23(30(35)36)7-9-25(22)29(27)21-4-2-19(3-5-21)14-20-17-34(18-20)13-1-12-33;/h2-5,7-9,11,15-16,20H,1,6,10,12-14,17-18H2,(H,35,36);1H. The van der Waals surface area contributed by atoms with Gasteiger partial charge in [-0.25, -0.2) is 4.79 Å². The number of carboxylic acids is 1. The Labute approximate surface area is 233 Å². The van der Waals surface area contributed by atoms with Crippen molar-refractivity contribution in [3.05, 3.63) is 104 Å². The van der Waals surface area contributed by atoms with E-state index in [1.807, 2.05) is 18.2 Å². The van der Waals surface area contributed by atoms with Gasteiger partial charge in [0.15, 0.2) is 0 Å². The molecule has 3 aromatic rings. The highest BCUT2D eigenvalue weighted by atomic mass is 35.5. The van der Waals surface area contributed by atoms with E-state index in [4.69, 9.17) is 23.2 Å². The molecule has 37 heavy (non-hydrogen) atoms. The minimum atomic E-state index is -0.918. The van der Waals surface area contributed by atoms with Crippen LogP contribution in [0.1, 0.15) is 51.0 Å². The number of carboxylic acid groups (broad SMARTS) is 1. The van der Waals surface area contributed by atoms with Crippen molar-refractivity contribution in [3.63, 3.8) is 0 Å². The van der Waals surface area contributed by atoms with E-state index < -0.39 is 5.97 Å². The topological polar surface area (TPSA) is 40.5 Å². The summed E-state index contributed by atoms with van der Waals surface area (Å²) in [7, 11) is 0. The summed E-state index contributed by atoms with van der Waals surface area (Å²) in [5.74, 6) is -0.304. The molecule has 194 valence electrons. The normalized spacial score (nSPS) is 15.6.